The lowest BCUT2D eigenvalue weighted by Gasteiger charge is -2.05. The molecule has 2 aromatic carbocycles. The van der Waals surface area contributed by atoms with Crippen molar-refractivity contribution in [3.8, 4) is 11.6 Å². The Morgan fingerprint density at radius 2 is 1.83 bits per heavy atom. The number of benzene rings is 2. The number of aromatic nitrogens is 1. The molecule has 0 aliphatic rings. The normalized spacial score (nSPS) is 10.5. The molecule has 0 bridgehead atoms. The van der Waals surface area contributed by atoms with Crippen LogP contribution in [0, 0.1) is 6.07 Å². The zero-order valence-corrected chi connectivity index (χ0v) is 10.2. The molecule has 0 amide bonds. The van der Waals surface area contributed by atoms with Crippen molar-refractivity contribution >= 4 is 22.5 Å². The van der Waals surface area contributed by atoms with Gasteiger partial charge in [0, 0.05) is 16.5 Å². The minimum atomic E-state index is 0.566. The maximum absolute atomic E-state index is 5.82. The van der Waals surface area contributed by atoms with Crippen LogP contribution in [-0.2, 0) is 0 Å². The van der Waals surface area contributed by atoms with Crippen molar-refractivity contribution in [2.24, 2.45) is 0 Å². The second-order valence-electron chi connectivity index (χ2n) is 3.82. The van der Waals surface area contributed by atoms with Crippen LogP contribution >= 0.6 is 11.6 Å². The molecule has 1 radical (unpaired) electrons. The molecule has 0 N–H and O–H groups in total. The van der Waals surface area contributed by atoms with Crippen LogP contribution in [-0.4, -0.2) is 4.98 Å². The van der Waals surface area contributed by atoms with Crippen LogP contribution in [0.3, 0.4) is 0 Å². The van der Waals surface area contributed by atoms with Crippen LogP contribution in [0.4, 0.5) is 0 Å². The van der Waals surface area contributed by atoms with Crippen molar-refractivity contribution in [3.63, 3.8) is 0 Å². The summed E-state index contributed by atoms with van der Waals surface area (Å²) < 4.78 is 5.66. The Balaban J connectivity index is 1.92. The summed E-state index contributed by atoms with van der Waals surface area (Å²) in [5.41, 5.74) is 0.889. The second-order valence-corrected chi connectivity index (χ2v) is 4.26. The maximum Gasteiger partial charge on any atom is 0.219 e. The molecule has 0 spiro atoms. The highest BCUT2D eigenvalue weighted by atomic mass is 35.5. The maximum atomic E-state index is 5.82. The number of ether oxygens (including phenoxy) is 1. The molecule has 0 unspecified atom stereocenters. The first-order chi connectivity index (χ1) is 8.81. The Labute approximate surface area is 110 Å². The molecular formula is C15H9ClNO. The van der Waals surface area contributed by atoms with E-state index in [0.29, 0.717) is 16.7 Å². The number of halogens is 1. The van der Waals surface area contributed by atoms with E-state index in [0.717, 1.165) is 10.9 Å². The van der Waals surface area contributed by atoms with Crippen LogP contribution in [0.2, 0.25) is 5.02 Å². The summed E-state index contributed by atoms with van der Waals surface area (Å²) in [7, 11) is 0. The predicted molar refractivity (Wildman–Crippen MR) is 72.1 cm³/mol. The summed E-state index contributed by atoms with van der Waals surface area (Å²) in [5, 5.41) is 1.73. The van der Waals surface area contributed by atoms with Crippen molar-refractivity contribution in [1.29, 1.82) is 0 Å². The smallest absolute Gasteiger partial charge is 0.219 e. The highest BCUT2D eigenvalue weighted by molar-refractivity contribution is 6.30. The fourth-order valence-electron chi connectivity index (χ4n) is 1.67. The van der Waals surface area contributed by atoms with Gasteiger partial charge in [-0.3, -0.25) is 0 Å². The van der Waals surface area contributed by atoms with E-state index in [2.05, 4.69) is 11.1 Å². The Kier molecular flexibility index (Phi) is 2.87. The van der Waals surface area contributed by atoms with Crippen LogP contribution < -0.4 is 4.74 Å². The standard InChI is InChI=1S/C15H9ClNO/c16-12-6-8-13(9-7-12)18-15-10-5-11-3-1-2-4-14(11)17-15/h2-10H. The third kappa shape index (κ3) is 2.29. The second kappa shape index (κ2) is 4.67. The van der Waals surface area contributed by atoms with Crippen molar-refractivity contribution in [2.75, 3.05) is 0 Å². The third-order valence-electron chi connectivity index (χ3n) is 2.54. The Morgan fingerprint density at radius 3 is 2.67 bits per heavy atom. The number of nitrogens with zero attached hydrogens (tertiary/aromatic N) is 1. The largest absolute Gasteiger partial charge is 0.439 e. The quantitative estimate of drug-likeness (QED) is 0.673. The highest BCUT2D eigenvalue weighted by Crippen LogP contribution is 2.23. The van der Waals surface area contributed by atoms with Crippen LogP contribution in [0.25, 0.3) is 10.9 Å². The molecule has 2 nitrogen and oxygen atoms in total. The van der Waals surface area contributed by atoms with Gasteiger partial charge >= 0.3 is 0 Å². The molecule has 3 rings (SSSR count). The van der Waals surface area contributed by atoms with Crippen molar-refractivity contribution < 1.29 is 4.74 Å². The molecule has 1 aromatic heterocycles. The van der Waals surface area contributed by atoms with E-state index < -0.39 is 0 Å². The molecule has 0 saturated heterocycles. The van der Waals surface area contributed by atoms with Gasteiger partial charge in [-0.15, -0.1) is 0 Å². The zero-order chi connectivity index (χ0) is 12.4. The van der Waals surface area contributed by atoms with Gasteiger partial charge in [0.1, 0.15) is 5.75 Å². The first-order valence-electron chi connectivity index (χ1n) is 5.51. The van der Waals surface area contributed by atoms with Crippen LogP contribution in [0.1, 0.15) is 0 Å². The first kappa shape index (κ1) is 11.1. The Hall–Kier alpha value is -2.06. The van der Waals surface area contributed by atoms with Gasteiger partial charge in [-0.05, 0) is 48.5 Å². The molecule has 3 aromatic rings. The van der Waals surface area contributed by atoms with E-state index in [4.69, 9.17) is 16.3 Å². The summed E-state index contributed by atoms with van der Waals surface area (Å²) >= 11 is 5.82. The van der Waals surface area contributed by atoms with Gasteiger partial charge in [-0.2, -0.15) is 0 Å². The van der Waals surface area contributed by atoms with Gasteiger partial charge in [0.15, 0.2) is 0 Å². The van der Waals surface area contributed by atoms with Gasteiger partial charge in [0.05, 0.1) is 5.52 Å². The van der Waals surface area contributed by atoms with Crippen molar-refractivity contribution in [2.45, 2.75) is 0 Å². The van der Waals surface area contributed by atoms with E-state index >= 15 is 0 Å². The lowest BCUT2D eigenvalue weighted by atomic mass is 10.2. The van der Waals surface area contributed by atoms with Crippen molar-refractivity contribution in [1.82, 2.24) is 4.98 Å². The average Bonchev–Trinajstić information content (AvgIpc) is 2.41. The van der Waals surface area contributed by atoms with E-state index in [1.807, 2.05) is 42.5 Å². The third-order valence-corrected chi connectivity index (χ3v) is 2.80. The molecule has 0 fully saturated rings. The number of rotatable bonds is 2. The molecule has 3 heteroatoms. The lowest BCUT2D eigenvalue weighted by molar-refractivity contribution is 0.465. The fraction of sp³-hybridized carbons (Fsp3) is 0. The first-order valence-corrected chi connectivity index (χ1v) is 5.89. The fourth-order valence-corrected chi connectivity index (χ4v) is 1.79. The van der Waals surface area contributed by atoms with E-state index in [9.17, 15) is 0 Å². The molecular weight excluding hydrogens is 246 g/mol. The summed E-state index contributed by atoms with van der Waals surface area (Å²) in [5.74, 6) is 1.28. The SMILES string of the molecule is Clc1ccc(Oc2ccc3c[c]ccc3n2)cc1. The Bertz CT molecular complexity index is 679. The van der Waals surface area contributed by atoms with E-state index in [1.54, 1.807) is 12.1 Å². The monoisotopic (exact) mass is 254 g/mol. The van der Waals surface area contributed by atoms with E-state index in [-0.39, 0.29) is 0 Å². The molecule has 0 aliphatic heterocycles. The number of hydrogen-bond acceptors (Lipinski definition) is 2. The van der Waals surface area contributed by atoms with E-state index in [1.165, 1.54) is 0 Å². The Morgan fingerprint density at radius 1 is 1.00 bits per heavy atom. The van der Waals surface area contributed by atoms with Crippen molar-refractivity contribution in [3.05, 3.63) is 65.7 Å². The predicted octanol–water partition coefficient (Wildman–Crippen LogP) is 4.48. The number of hydrogen-bond donors (Lipinski definition) is 0. The minimum Gasteiger partial charge on any atom is -0.439 e. The lowest BCUT2D eigenvalue weighted by Crippen LogP contribution is -1.88. The number of fused-ring (bicyclic) bond motifs is 1. The highest BCUT2D eigenvalue weighted by Gasteiger charge is 2.00. The summed E-state index contributed by atoms with van der Waals surface area (Å²) in [6.07, 6.45) is 0. The summed E-state index contributed by atoms with van der Waals surface area (Å²) in [6, 6.07) is 19.6. The number of pyridine rings is 1. The molecule has 1 heterocycles. The van der Waals surface area contributed by atoms with Gasteiger partial charge in [-0.1, -0.05) is 17.7 Å². The average molecular weight is 255 g/mol. The van der Waals surface area contributed by atoms with Crippen LogP contribution in [0.15, 0.2) is 54.6 Å². The topological polar surface area (TPSA) is 22.1 Å². The van der Waals surface area contributed by atoms with Gasteiger partial charge in [-0.25, -0.2) is 4.98 Å². The minimum absolute atomic E-state index is 0.566. The molecule has 0 aliphatic carbocycles. The van der Waals surface area contributed by atoms with Gasteiger partial charge < -0.3 is 4.74 Å². The van der Waals surface area contributed by atoms with Gasteiger partial charge in [0.25, 0.3) is 0 Å². The zero-order valence-electron chi connectivity index (χ0n) is 9.43. The summed E-state index contributed by atoms with van der Waals surface area (Å²) in [6.45, 7) is 0. The molecule has 0 atom stereocenters. The van der Waals surface area contributed by atoms with Crippen LogP contribution in [0.5, 0.6) is 11.6 Å². The summed E-state index contributed by atoms with van der Waals surface area (Å²) in [4.78, 5) is 4.42. The molecule has 0 saturated carbocycles. The molecule has 18 heavy (non-hydrogen) atoms. The molecule has 87 valence electrons. The van der Waals surface area contributed by atoms with Gasteiger partial charge in [0.2, 0.25) is 5.88 Å².